The Kier molecular flexibility index (Phi) is 2.35. The zero-order valence-electron chi connectivity index (χ0n) is 8.08. The number of carbonyl (C=O) groups excluding carboxylic acids is 1. The molecule has 0 spiro atoms. The maximum Gasteiger partial charge on any atom is 0.320 e. The lowest BCUT2D eigenvalue weighted by atomic mass is 10.3. The van der Waals surface area contributed by atoms with Crippen molar-refractivity contribution < 1.29 is 4.79 Å². The molecule has 0 atom stereocenters. The van der Waals surface area contributed by atoms with Crippen LogP contribution in [0.4, 0.5) is 10.6 Å². The van der Waals surface area contributed by atoms with Gasteiger partial charge in [-0.05, 0) is 31.4 Å². The van der Waals surface area contributed by atoms with Crippen molar-refractivity contribution in [2.45, 2.75) is 25.8 Å². The normalized spacial score (nSPS) is 14.9. The molecular formula is C10H13N3O. The Hall–Kier alpha value is -1.58. The average molecular weight is 191 g/mol. The number of urea groups is 1. The number of anilines is 1. The SMILES string of the molecule is Cc1ccc(NC(=O)NC2CC2)nc1. The number of rotatable bonds is 2. The minimum atomic E-state index is -0.163. The fourth-order valence-electron chi connectivity index (χ4n) is 1.11. The van der Waals surface area contributed by atoms with E-state index in [1.54, 1.807) is 12.3 Å². The Morgan fingerprint density at radius 1 is 1.50 bits per heavy atom. The van der Waals surface area contributed by atoms with E-state index < -0.39 is 0 Å². The minimum Gasteiger partial charge on any atom is -0.335 e. The molecule has 1 aromatic rings. The number of nitrogens with zero attached hydrogens (tertiary/aromatic N) is 1. The summed E-state index contributed by atoms with van der Waals surface area (Å²) in [6.07, 6.45) is 3.91. The van der Waals surface area contributed by atoms with Crippen LogP contribution in [0, 0.1) is 6.92 Å². The first kappa shape index (κ1) is 8.99. The van der Waals surface area contributed by atoms with Crippen LogP contribution < -0.4 is 10.6 Å². The molecule has 2 rings (SSSR count). The molecule has 2 amide bonds. The van der Waals surface area contributed by atoms with E-state index in [0.717, 1.165) is 18.4 Å². The molecule has 2 N–H and O–H groups in total. The van der Waals surface area contributed by atoms with E-state index in [1.165, 1.54) is 0 Å². The van der Waals surface area contributed by atoms with Crippen molar-refractivity contribution in [2.75, 3.05) is 5.32 Å². The molecule has 1 aromatic heterocycles. The molecule has 4 heteroatoms. The van der Waals surface area contributed by atoms with Gasteiger partial charge in [-0.25, -0.2) is 9.78 Å². The second-order valence-electron chi connectivity index (χ2n) is 3.59. The second-order valence-corrected chi connectivity index (χ2v) is 3.59. The standard InChI is InChI=1S/C10H13N3O/c1-7-2-5-9(11-6-7)13-10(14)12-8-3-4-8/h2,5-6,8H,3-4H2,1H3,(H2,11,12,13,14). The average Bonchev–Trinajstić information content (AvgIpc) is 2.93. The maximum absolute atomic E-state index is 11.3. The highest BCUT2D eigenvalue weighted by Gasteiger charge is 2.23. The van der Waals surface area contributed by atoms with Crippen LogP contribution in [0.25, 0.3) is 0 Å². The Labute approximate surface area is 82.7 Å². The van der Waals surface area contributed by atoms with Crippen molar-refractivity contribution in [3.63, 3.8) is 0 Å². The lowest BCUT2D eigenvalue weighted by Crippen LogP contribution is -2.30. The van der Waals surface area contributed by atoms with Crippen LogP contribution in [-0.4, -0.2) is 17.1 Å². The molecule has 0 aromatic carbocycles. The van der Waals surface area contributed by atoms with Gasteiger partial charge in [-0.3, -0.25) is 5.32 Å². The number of nitrogens with one attached hydrogen (secondary N) is 2. The molecule has 1 aliphatic rings. The number of aromatic nitrogens is 1. The van der Waals surface area contributed by atoms with Crippen LogP contribution in [0.5, 0.6) is 0 Å². The molecular weight excluding hydrogens is 178 g/mol. The topological polar surface area (TPSA) is 54.0 Å². The molecule has 0 unspecified atom stereocenters. The van der Waals surface area contributed by atoms with Crippen LogP contribution in [0.3, 0.4) is 0 Å². The van der Waals surface area contributed by atoms with Gasteiger partial charge in [0.2, 0.25) is 0 Å². The van der Waals surface area contributed by atoms with Gasteiger partial charge in [0.15, 0.2) is 0 Å². The number of carbonyl (C=O) groups is 1. The van der Waals surface area contributed by atoms with Crippen molar-refractivity contribution in [3.05, 3.63) is 23.9 Å². The van der Waals surface area contributed by atoms with E-state index >= 15 is 0 Å². The highest BCUT2D eigenvalue weighted by molar-refractivity contribution is 5.88. The first-order valence-electron chi connectivity index (χ1n) is 4.74. The quantitative estimate of drug-likeness (QED) is 0.747. The molecule has 0 radical (unpaired) electrons. The molecule has 1 heterocycles. The molecule has 14 heavy (non-hydrogen) atoms. The highest BCUT2D eigenvalue weighted by atomic mass is 16.2. The molecule has 0 bridgehead atoms. The summed E-state index contributed by atoms with van der Waals surface area (Å²) < 4.78 is 0. The third-order valence-corrected chi connectivity index (χ3v) is 2.07. The largest absolute Gasteiger partial charge is 0.335 e. The summed E-state index contributed by atoms with van der Waals surface area (Å²) >= 11 is 0. The predicted molar refractivity (Wildman–Crippen MR) is 54.2 cm³/mol. The van der Waals surface area contributed by atoms with Crippen LogP contribution in [0.15, 0.2) is 18.3 Å². The van der Waals surface area contributed by atoms with Crippen molar-refractivity contribution in [1.29, 1.82) is 0 Å². The Morgan fingerprint density at radius 2 is 2.29 bits per heavy atom. The third-order valence-electron chi connectivity index (χ3n) is 2.07. The fourth-order valence-corrected chi connectivity index (χ4v) is 1.11. The fraction of sp³-hybridized carbons (Fsp3) is 0.400. The minimum absolute atomic E-state index is 0.163. The van der Waals surface area contributed by atoms with Crippen LogP contribution >= 0.6 is 0 Å². The van der Waals surface area contributed by atoms with E-state index in [0.29, 0.717) is 11.9 Å². The molecule has 1 aliphatic carbocycles. The van der Waals surface area contributed by atoms with Crippen molar-refractivity contribution in [3.8, 4) is 0 Å². The summed E-state index contributed by atoms with van der Waals surface area (Å²) in [6.45, 7) is 1.96. The molecule has 74 valence electrons. The zero-order chi connectivity index (χ0) is 9.97. The number of aryl methyl sites for hydroxylation is 1. The van der Waals surface area contributed by atoms with Gasteiger partial charge in [0, 0.05) is 12.2 Å². The highest BCUT2D eigenvalue weighted by Crippen LogP contribution is 2.18. The number of pyridine rings is 1. The van der Waals surface area contributed by atoms with Gasteiger partial charge < -0.3 is 5.32 Å². The van der Waals surface area contributed by atoms with E-state index in [2.05, 4.69) is 15.6 Å². The predicted octanol–water partition coefficient (Wildman–Crippen LogP) is 1.67. The summed E-state index contributed by atoms with van der Waals surface area (Å²) in [4.78, 5) is 15.4. The summed E-state index contributed by atoms with van der Waals surface area (Å²) in [6, 6.07) is 3.92. The van der Waals surface area contributed by atoms with Gasteiger partial charge in [0.25, 0.3) is 0 Å². The first-order chi connectivity index (χ1) is 6.74. The van der Waals surface area contributed by atoms with Gasteiger partial charge in [-0.1, -0.05) is 6.07 Å². The van der Waals surface area contributed by atoms with E-state index in [9.17, 15) is 4.79 Å². The third kappa shape index (κ3) is 2.45. The van der Waals surface area contributed by atoms with Crippen LogP contribution in [0.2, 0.25) is 0 Å². The molecule has 0 aliphatic heterocycles. The summed E-state index contributed by atoms with van der Waals surface area (Å²) in [5.74, 6) is 0.591. The van der Waals surface area contributed by atoms with E-state index in [1.807, 2.05) is 13.0 Å². The molecule has 4 nitrogen and oxygen atoms in total. The van der Waals surface area contributed by atoms with Crippen molar-refractivity contribution in [2.24, 2.45) is 0 Å². The van der Waals surface area contributed by atoms with Crippen molar-refractivity contribution in [1.82, 2.24) is 10.3 Å². The summed E-state index contributed by atoms with van der Waals surface area (Å²) in [5.41, 5.74) is 1.08. The van der Waals surface area contributed by atoms with Crippen molar-refractivity contribution >= 4 is 11.8 Å². The maximum atomic E-state index is 11.3. The van der Waals surface area contributed by atoms with Gasteiger partial charge in [0.1, 0.15) is 5.82 Å². The summed E-state index contributed by atoms with van der Waals surface area (Å²) in [7, 11) is 0. The van der Waals surface area contributed by atoms with Gasteiger partial charge in [-0.2, -0.15) is 0 Å². The van der Waals surface area contributed by atoms with E-state index in [4.69, 9.17) is 0 Å². The van der Waals surface area contributed by atoms with Crippen LogP contribution in [0.1, 0.15) is 18.4 Å². The lowest BCUT2D eigenvalue weighted by Gasteiger charge is -2.05. The van der Waals surface area contributed by atoms with Gasteiger partial charge >= 0.3 is 6.03 Å². The molecule has 1 fully saturated rings. The Balaban J connectivity index is 1.89. The molecule has 1 saturated carbocycles. The monoisotopic (exact) mass is 191 g/mol. The van der Waals surface area contributed by atoms with Crippen LogP contribution in [-0.2, 0) is 0 Å². The van der Waals surface area contributed by atoms with Gasteiger partial charge in [0.05, 0.1) is 0 Å². The summed E-state index contributed by atoms with van der Waals surface area (Å²) in [5, 5.41) is 5.51. The smallest absolute Gasteiger partial charge is 0.320 e. The number of amides is 2. The Morgan fingerprint density at radius 3 is 2.86 bits per heavy atom. The van der Waals surface area contributed by atoms with Gasteiger partial charge in [-0.15, -0.1) is 0 Å². The zero-order valence-corrected chi connectivity index (χ0v) is 8.08. The first-order valence-corrected chi connectivity index (χ1v) is 4.74. The Bertz CT molecular complexity index is 330. The lowest BCUT2D eigenvalue weighted by molar-refractivity contribution is 0.251. The number of hydrogen-bond donors (Lipinski definition) is 2. The second kappa shape index (κ2) is 3.65. The van der Waals surface area contributed by atoms with E-state index in [-0.39, 0.29) is 6.03 Å². The number of hydrogen-bond acceptors (Lipinski definition) is 2. The molecule has 0 saturated heterocycles.